The largest absolute Gasteiger partial charge is 0.389 e. The average Bonchev–Trinajstić information content (AvgIpc) is 2.21. The van der Waals surface area contributed by atoms with E-state index in [1.54, 1.807) is 18.3 Å². The quantitative estimate of drug-likeness (QED) is 0.478. The molecule has 0 fully saturated rings. The van der Waals surface area contributed by atoms with Crippen LogP contribution >= 0.6 is 23.8 Å². The Hall–Kier alpha value is -1.64. The maximum absolute atomic E-state index is 8.66. The minimum Gasteiger partial charge on any atom is -0.389 e. The third-order valence-corrected chi connectivity index (χ3v) is 2.02. The van der Waals surface area contributed by atoms with E-state index in [1.807, 2.05) is 6.07 Å². The number of hydrogen-bond donors (Lipinski definition) is 2. The summed E-state index contributed by atoms with van der Waals surface area (Å²) in [7, 11) is 0. The second-order valence-electron chi connectivity index (χ2n) is 2.51. The van der Waals surface area contributed by atoms with E-state index in [0.29, 0.717) is 10.8 Å². The summed E-state index contributed by atoms with van der Waals surface area (Å²) in [4.78, 5) is 3.99. The van der Waals surface area contributed by atoms with Crippen LogP contribution in [-0.2, 0) is 0 Å². The van der Waals surface area contributed by atoms with Gasteiger partial charge in [-0.15, -0.1) is 0 Å². The van der Waals surface area contributed by atoms with Gasteiger partial charge in [-0.1, -0.05) is 23.8 Å². The van der Waals surface area contributed by atoms with Crippen molar-refractivity contribution in [2.24, 2.45) is 5.73 Å². The number of thiocarbonyl (C=S) groups is 1. The lowest BCUT2D eigenvalue weighted by molar-refractivity contribution is 1.31. The van der Waals surface area contributed by atoms with Gasteiger partial charge in [-0.05, 0) is 12.1 Å². The van der Waals surface area contributed by atoms with Crippen LogP contribution in [0.25, 0.3) is 0 Å². The van der Waals surface area contributed by atoms with E-state index in [1.165, 1.54) is 6.20 Å². The summed E-state index contributed by atoms with van der Waals surface area (Å²) >= 11 is 10.5. The lowest BCUT2D eigenvalue weighted by Crippen LogP contribution is -2.11. The number of halogens is 1. The molecule has 0 amide bonds. The molecule has 4 nitrogen and oxygen atoms in total. The molecular weight excluding hydrogens is 232 g/mol. The third-order valence-electron chi connectivity index (χ3n) is 1.50. The molecule has 1 rings (SSSR count). The molecule has 0 unspecified atom stereocenters. The van der Waals surface area contributed by atoms with Crippen molar-refractivity contribution in [3.05, 3.63) is 35.1 Å². The molecule has 0 aromatic carbocycles. The fraction of sp³-hybridized carbons (Fsp3) is 0. The van der Waals surface area contributed by atoms with Crippen LogP contribution in [-0.4, -0.2) is 9.97 Å². The van der Waals surface area contributed by atoms with Gasteiger partial charge >= 0.3 is 0 Å². The minimum atomic E-state index is 0.0250. The van der Waals surface area contributed by atoms with Crippen molar-refractivity contribution in [3.63, 3.8) is 0 Å². The Labute approximate surface area is 97.4 Å². The predicted molar refractivity (Wildman–Crippen MR) is 63.4 cm³/mol. The number of nitrogens with zero attached hydrogens (tertiary/aromatic N) is 2. The van der Waals surface area contributed by atoms with E-state index in [2.05, 4.69) is 22.5 Å². The van der Waals surface area contributed by atoms with E-state index >= 15 is 0 Å². The van der Waals surface area contributed by atoms with Crippen molar-refractivity contribution >= 4 is 34.6 Å². The summed E-state index contributed by atoms with van der Waals surface area (Å²) in [6.45, 7) is 0. The molecule has 1 aromatic heterocycles. The highest BCUT2D eigenvalue weighted by Gasteiger charge is 2.00. The van der Waals surface area contributed by atoms with Gasteiger partial charge in [0.25, 0.3) is 0 Å². The van der Waals surface area contributed by atoms with E-state index in [0.717, 1.165) is 0 Å². The van der Waals surface area contributed by atoms with Gasteiger partial charge in [-0.3, -0.25) is 0 Å². The maximum atomic E-state index is 8.66. The molecule has 0 spiro atoms. The number of pyridine rings is 1. The molecule has 0 aliphatic heterocycles. The van der Waals surface area contributed by atoms with Crippen LogP contribution in [0, 0.1) is 11.3 Å². The summed E-state index contributed by atoms with van der Waals surface area (Å²) in [5, 5.41) is 11.9. The van der Waals surface area contributed by atoms with Crippen LogP contribution in [0.1, 0.15) is 0 Å². The minimum absolute atomic E-state index is 0.0250. The smallest absolute Gasteiger partial charge is 0.148 e. The van der Waals surface area contributed by atoms with Crippen LogP contribution < -0.4 is 11.1 Å². The van der Waals surface area contributed by atoms with Crippen LogP contribution in [0.3, 0.4) is 0 Å². The molecule has 0 radical (unpaired) electrons. The first-order chi connectivity index (χ1) is 7.15. The Bertz CT molecular complexity index is 450. The molecule has 0 aliphatic rings. The summed E-state index contributed by atoms with van der Waals surface area (Å²) in [5.41, 5.74) is 5.47. The van der Waals surface area contributed by atoms with Crippen molar-refractivity contribution in [2.45, 2.75) is 0 Å². The number of nitrogens with two attached hydrogens (primary N) is 1. The molecule has 0 saturated carbocycles. The highest BCUT2D eigenvalue weighted by molar-refractivity contribution is 7.80. The first-order valence-corrected chi connectivity index (χ1v) is 4.71. The van der Waals surface area contributed by atoms with E-state index in [9.17, 15) is 0 Å². The molecule has 1 heterocycles. The van der Waals surface area contributed by atoms with Gasteiger partial charge in [0.2, 0.25) is 0 Å². The Kier molecular flexibility index (Phi) is 4.03. The van der Waals surface area contributed by atoms with Crippen LogP contribution in [0.15, 0.2) is 30.1 Å². The van der Waals surface area contributed by atoms with Crippen molar-refractivity contribution in [1.29, 1.82) is 5.26 Å². The third kappa shape index (κ3) is 3.20. The van der Waals surface area contributed by atoms with Gasteiger partial charge in [-0.25, -0.2) is 4.98 Å². The van der Waals surface area contributed by atoms with Crippen LogP contribution in [0.4, 0.5) is 5.82 Å². The van der Waals surface area contributed by atoms with Gasteiger partial charge in [0.15, 0.2) is 0 Å². The molecule has 0 bridgehead atoms. The van der Waals surface area contributed by atoms with Crippen molar-refractivity contribution in [3.8, 4) is 6.07 Å². The van der Waals surface area contributed by atoms with Gasteiger partial charge in [0, 0.05) is 12.4 Å². The number of aromatic nitrogens is 1. The van der Waals surface area contributed by atoms with Gasteiger partial charge < -0.3 is 11.1 Å². The van der Waals surface area contributed by atoms with Gasteiger partial charge in [-0.2, -0.15) is 5.26 Å². The van der Waals surface area contributed by atoms with Crippen LogP contribution in [0.5, 0.6) is 0 Å². The SMILES string of the molecule is N#C/C(=C\Nc1ncccc1Cl)C(N)=S. The van der Waals surface area contributed by atoms with Gasteiger partial charge in [0.1, 0.15) is 22.4 Å². The normalized spacial score (nSPS) is 10.5. The summed E-state index contributed by atoms with van der Waals surface area (Å²) < 4.78 is 0. The summed E-state index contributed by atoms with van der Waals surface area (Å²) in [6.07, 6.45) is 2.95. The summed E-state index contributed by atoms with van der Waals surface area (Å²) in [5.74, 6) is 0.447. The monoisotopic (exact) mass is 238 g/mol. The molecule has 0 aliphatic carbocycles. The molecule has 3 N–H and O–H groups in total. The number of anilines is 1. The predicted octanol–water partition coefficient (Wildman–Crippen LogP) is 1.84. The lowest BCUT2D eigenvalue weighted by atomic mass is 10.3. The fourth-order valence-electron chi connectivity index (χ4n) is 0.791. The van der Waals surface area contributed by atoms with Crippen LogP contribution in [0.2, 0.25) is 5.02 Å². The Morgan fingerprint density at radius 3 is 3.00 bits per heavy atom. The number of hydrogen-bond acceptors (Lipinski definition) is 4. The molecule has 0 atom stereocenters. The molecule has 6 heteroatoms. The van der Waals surface area contributed by atoms with Crippen molar-refractivity contribution in [2.75, 3.05) is 5.32 Å². The lowest BCUT2D eigenvalue weighted by Gasteiger charge is -2.02. The zero-order chi connectivity index (χ0) is 11.3. The topological polar surface area (TPSA) is 74.7 Å². The second-order valence-corrected chi connectivity index (χ2v) is 3.36. The van der Waals surface area contributed by atoms with Crippen molar-refractivity contribution < 1.29 is 0 Å². The summed E-state index contributed by atoms with van der Waals surface area (Å²) in [6, 6.07) is 5.24. The van der Waals surface area contributed by atoms with E-state index < -0.39 is 0 Å². The Morgan fingerprint density at radius 1 is 1.73 bits per heavy atom. The first-order valence-electron chi connectivity index (χ1n) is 3.92. The molecule has 76 valence electrons. The fourth-order valence-corrected chi connectivity index (χ4v) is 1.07. The molecule has 0 saturated heterocycles. The van der Waals surface area contributed by atoms with Gasteiger partial charge in [0.05, 0.1) is 5.02 Å². The zero-order valence-electron chi connectivity index (χ0n) is 7.57. The highest BCUT2D eigenvalue weighted by atomic mass is 35.5. The van der Waals surface area contributed by atoms with E-state index in [-0.39, 0.29) is 10.6 Å². The second kappa shape index (κ2) is 5.29. The molecule has 1 aromatic rings. The Morgan fingerprint density at radius 2 is 2.47 bits per heavy atom. The standard InChI is InChI=1S/C9H7ClN4S/c10-7-2-1-3-13-9(7)14-5-6(4-11)8(12)15/h1-3,5H,(H2,12,15)(H,13,14)/b6-5+. The number of rotatable bonds is 3. The highest BCUT2D eigenvalue weighted by Crippen LogP contribution is 2.17. The maximum Gasteiger partial charge on any atom is 0.148 e. The Balaban J connectivity index is 2.85. The first kappa shape index (κ1) is 11.4. The van der Waals surface area contributed by atoms with E-state index in [4.69, 9.17) is 22.6 Å². The zero-order valence-corrected chi connectivity index (χ0v) is 9.14. The molecule has 15 heavy (non-hydrogen) atoms. The number of nitrogens with one attached hydrogen (secondary N) is 1. The number of nitriles is 1. The average molecular weight is 239 g/mol. The van der Waals surface area contributed by atoms with Crippen molar-refractivity contribution in [1.82, 2.24) is 4.98 Å². The molecular formula is C9H7ClN4S.